The fraction of sp³-hybridized carbons (Fsp3) is 0.562. The van der Waals surface area contributed by atoms with E-state index in [1.54, 1.807) is 6.07 Å². The molecule has 0 atom stereocenters. The van der Waals surface area contributed by atoms with Crippen LogP contribution in [0.25, 0.3) is 0 Å². The summed E-state index contributed by atoms with van der Waals surface area (Å²) >= 11 is 0. The van der Waals surface area contributed by atoms with Crippen molar-refractivity contribution in [3.8, 4) is 0 Å². The summed E-state index contributed by atoms with van der Waals surface area (Å²) in [7, 11) is 0. The molecule has 3 nitrogen and oxygen atoms in total. The lowest BCUT2D eigenvalue weighted by molar-refractivity contribution is -0.124. The Balaban J connectivity index is 1.92. The molecule has 110 valence electrons. The van der Waals surface area contributed by atoms with Crippen LogP contribution in [-0.4, -0.2) is 25.0 Å². The Kier molecular flexibility index (Phi) is 4.63. The number of carbonyl (C=O) groups excluding carboxylic acids is 1. The van der Waals surface area contributed by atoms with E-state index in [2.05, 4.69) is 10.2 Å². The average Bonchev–Trinajstić information content (AvgIpc) is 2.40. The molecule has 4 heteroatoms. The molecule has 2 rings (SSSR count). The van der Waals surface area contributed by atoms with E-state index >= 15 is 0 Å². The Morgan fingerprint density at radius 2 is 2.00 bits per heavy atom. The van der Waals surface area contributed by atoms with E-state index in [4.69, 9.17) is 0 Å². The first kappa shape index (κ1) is 14.8. The molecule has 0 spiro atoms. The normalized spacial score (nSPS) is 16.6. The van der Waals surface area contributed by atoms with Crippen molar-refractivity contribution < 1.29 is 9.18 Å². The van der Waals surface area contributed by atoms with Crippen molar-refractivity contribution in [1.82, 2.24) is 5.32 Å². The van der Waals surface area contributed by atoms with Crippen LogP contribution in [0.4, 0.5) is 10.1 Å². The second kappa shape index (κ2) is 6.25. The third kappa shape index (κ3) is 3.50. The number of hydrogen-bond acceptors (Lipinski definition) is 2. The van der Waals surface area contributed by atoms with Crippen LogP contribution in [0.15, 0.2) is 18.2 Å². The van der Waals surface area contributed by atoms with Crippen molar-refractivity contribution in [1.29, 1.82) is 0 Å². The fourth-order valence-electron chi connectivity index (χ4n) is 2.61. The van der Waals surface area contributed by atoms with E-state index < -0.39 is 0 Å². The second-order valence-corrected chi connectivity index (χ2v) is 5.86. The third-order valence-corrected chi connectivity index (χ3v) is 3.87. The molecule has 1 amide bonds. The molecule has 1 aromatic rings. The maximum Gasteiger partial charge on any atom is 0.222 e. The Bertz CT molecular complexity index is 479. The topological polar surface area (TPSA) is 32.3 Å². The SMILES string of the molecule is Cc1cc(F)ccc1N1CCC(NC(=O)C(C)C)CC1. The lowest BCUT2D eigenvalue weighted by Crippen LogP contribution is -2.46. The number of aryl methyl sites for hydroxylation is 1. The van der Waals surface area contributed by atoms with Crippen LogP contribution >= 0.6 is 0 Å². The number of rotatable bonds is 3. The van der Waals surface area contributed by atoms with Gasteiger partial charge < -0.3 is 10.2 Å². The number of halogens is 1. The zero-order valence-electron chi connectivity index (χ0n) is 12.4. The van der Waals surface area contributed by atoms with Gasteiger partial charge in [0.1, 0.15) is 5.82 Å². The standard InChI is InChI=1S/C16H23FN2O/c1-11(2)16(20)18-14-6-8-19(9-7-14)15-5-4-13(17)10-12(15)3/h4-5,10-11,14H,6-9H2,1-3H3,(H,18,20). The molecule has 1 fully saturated rings. The molecule has 1 heterocycles. The van der Waals surface area contributed by atoms with Gasteiger partial charge in [-0.3, -0.25) is 4.79 Å². The lowest BCUT2D eigenvalue weighted by atomic mass is 10.0. The first-order chi connectivity index (χ1) is 9.47. The number of anilines is 1. The largest absolute Gasteiger partial charge is 0.371 e. The minimum atomic E-state index is -0.190. The summed E-state index contributed by atoms with van der Waals surface area (Å²) < 4.78 is 13.1. The van der Waals surface area contributed by atoms with E-state index in [1.165, 1.54) is 6.07 Å². The molecule has 1 aromatic carbocycles. The third-order valence-electron chi connectivity index (χ3n) is 3.87. The van der Waals surface area contributed by atoms with Gasteiger partial charge in [0.2, 0.25) is 5.91 Å². The molecule has 0 unspecified atom stereocenters. The van der Waals surface area contributed by atoms with E-state index in [-0.39, 0.29) is 23.7 Å². The number of nitrogens with one attached hydrogen (secondary N) is 1. The zero-order chi connectivity index (χ0) is 14.7. The summed E-state index contributed by atoms with van der Waals surface area (Å²) in [6, 6.07) is 5.19. The van der Waals surface area contributed by atoms with Crippen molar-refractivity contribution in [3.05, 3.63) is 29.6 Å². The van der Waals surface area contributed by atoms with Gasteiger partial charge in [0.15, 0.2) is 0 Å². The molecule has 0 aliphatic carbocycles. The van der Waals surface area contributed by atoms with Crippen LogP contribution in [-0.2, 0) is 4.79 Å². The van der Waals surface area contributed by atoms with Crippen LogP contribution in [0.5, 0.6) is 0 Å². The Hall–Kier alpha value is -1.58. The van der Waals surface area contributed by atoms with Gasteiger partial charge in [0.05, 0.1) is 0 Å². The molecule has 0 aromatic heterocycles. The zero-order valence-corrected chi connectivity index (χ0v) is 12.4. The van der Waals surface area contributed by atoms with Crippen LogP contribution in [0, 0.1) is 18.7 Å². The monoisotopic (exact) mass is 278 g/mol. The number of nitrogens with zero attached hydrogens (tertiary/aromatic N) is 1. The Morgan fingerprint density at radius 3 is 2.55 bits per heavy atom. The summed E-state index contributed by atoms with van der Waals surface area (Å²) in [6.07, 6.45) is 1.88. The quantitative estimate of drug-likeness (QED) is 0.922. The summed E-state index contributed by atoms with van der Waals surface area (Å²) in [5, 5.41) is 3.09. The highest BCUT2D eigenvalue weighted by molar-refractivity contribution is 5.78. The molecule has 0 bridgehead atoms. The first-order valence-electron chi connectivity index (χ1n) is 7.29. The van der Waals surface area contributed by atoms with Gasteiger partial charge in [-0.25, -0.2) is 4.39 Å². The molecule has 0 radical (unpaired) electrons. The van der Waals surface area contributed by atoms with Crippen LogP contribution in [0.2, 0.25) is 0 Å². The number of carbonyl (C=O) groups is 1. The van der Waals surface area contributed by atoms with Gasteiger partial charge in [0, 0.05) is 30.7 Å². The number of hydrogen-bond donors (Lipinski definition) is 1. The van der Waals surface area contributed by atoms with Crippen molar-refractivity contribution in [3.63, 3.8) is 0 Å². The molecular formula is C16H23FN2O. The minimum Gasteiger partial charge on any atom is -0.371 e. The van der Waals surface area contributed by atoms with Gasteiger partial charge in [-0.05, 0) is 43.5 Å². The smallest absolute Gasteiger partial charge is 0.222 e. The predicted octanol–water partition coefficient (Wildman–Crippen LogP) is 2.88. The van der Waals surface area contributed by atoms with E-state index in [9.17, 15) is 9.18 Å². The van der Waals surface area contributed by atoms with Crippen molar-refractivity contribution in [2.24, 2.45) is 5.92 Å². The van der Waals surface area contributed by atoms with Crippen LogP contribution in [0.1, 0.15) is 32.3 Å². The number of piperidine rings is 1. The maximum atomic E-state index is 13.1. The molecule has 1 saturated heterocycles. The minimum absolute atomic E-state index is 0.0346. The fourth-order valence-corrected chi connectivity index (χ4v) is 2.61. The maximum absolute atomic E-state index is 13.1. The number of benzene rings is 1. The van der Waals surface area contributed by atoms with Gasteiger partial charge in [-0.15, -0.1) is 0 Å². The van der Waals surface area contributed by atoms with Gasteiger partial charge in [0.25, 0.3) is 0 Å². The number of amides is 1. The van der Waals surface area contributed by atoms with Crippen molar-refractivity contribution in [2.75, 3.05) is 18.0 Å². The molecule has 1 aliphatic heterocycles. The van der Waals surface area contributed by atoms with E-state index in [0.29, 0.717) is 0 Å². The van der Waals surface area contributed by atoms with Crippen molar-refractivity contribution in [2.45, 2.75) is 39.7 Å². The molecule has 20 heavy (non-hydrogen) atoms. The molecule has 1 aliphatic rings. The van der Waals surface area contributed by atoms with Gasteiger partial charge >= 0.3 is 0 Å². The Labute approximate surface area is 120 Å². The summed E-state index contributed by atoms with van der Waals surface area (Å²) in [5.74, 6) is -0.0286. The molecule has 1 N–H and O–H groups in total. The highest BCUT2D eigenvalue weighted by Gasteiger charge is 2.22. The highest BCUT2D eigenvalue weighted by Crippen LogP contribution is 2.24. The van der Waals surface area contributed by atoms with Gasteiger partial charge in [-0.2, -0.15) is 0 Å². The first-order valence-corrected chi connectivity index (χ1v) is 7.29. The highest BCUT2D eigenvalue weighted by atomic mass is 19.1. The Morgan fingerprint density at radius 1 is 1.35 bits per heavy atom. The van der Waals surface area contributed by atoms with Crippen molar-refractivity contribution >= 4 is 11.6 Å². The van der Waals surface area contributed by atoms with E-state index in [0.717, 1.165) is 37.2 Å². The summed E-state index contributed by atoms with van der Waals surface area (Å²) in [4.78, 5) is 14.0. The second-order valence-electron chi connectivity index (χ2n) is 5.86. The summed E-state index contributed by atoms with van der Waals surface area (Å²) in [5.41, 5.74) is 2.06. The average molecular weight is 278 g/mol. The van der Waals surface area contributed by atoms with Crippen LogP contribution in [0.3, 0.4) is 0 Å². The molecule has 0 saturated carbocycles. The predicted molar refractivity (Wildman–Crippen MR) is 79.4 cm³/mol. The summed E-state index contributed by atoms with van der Waals surface area (Å²) in [6.45, 7) is 7.55. The lowest BCUT2D eigenvalue weighted by Gasteiger charge is -2.35. The molecular weight excluding hydrogens is 255 g/mol. The van der Waals surface area contributed by atoms with E-state index in [1.807, 2.05) is 26.8 Å². The van der Waals surface area contributed by atoms with Gasteiger partial charge in [-0.1, -0.05) is 13.8 Å². The van der Waals surface area contributed by atoms with Crippen LogP contribution < -0.4 is 10.2 Å².